The van der Waals surface area contributed by atoms with E-state index in [4.69, 9.17) is 4.74 Å². The number of nitrogens with zero attached hydrogens (tertiary/aromatic N) is 1. The van der Waals surface area contributed by atoms with E-state index in [9.17, 15) is 0 Å². The lowest BCUT2D eigenvalue weighted by atomic mass is 9.79. The summed E-state index contributed by atoms with van der Waals surface area (Å²) >= 11 is 0. The number of ether oxygens (including phenoxy) is 1. The van der Waals surface area contributed by atoms with Gasteiger partial charge in [0.1, 0.15) is 5.75 Å². The lowest BCUT2D eigenvalue weighted by molar-refractivity contribution is 0.200. The molecule has 2 aliphatic rings. The zero-order valence-corrected chi connectivity index (χ0v) is 13.4. The van der Waals surface area contributed by atoms with Gasteiger partial charge in [-0.1, -0.05) is 19.3 Å². The Labute approximate surface area is 128 Å². The standard InChI is InChI=1S/C18H28N2O/c1-3-21-17-9-7-16(8-10-17)20-14-18(19-13-15(20)2)11-5-4-6-12-18/h7-10,15,19H,3-6,11-14H2,1-2H3. The van der Waals surface area contributed by atoms with Crippen molar-refractivity contribution >= 4 is 5.69 Å². The molecule has 1 heterocycles. The van der Waals surface area contributed by atoms with E-state index in [1.165, 1.54) is 37.8 Å². The van der Waals surface area contributed by atoms with E-state index in [1.54, 1.807) is 0 Å². The van der Waals surface area contributed by atoms with E-state index in [-0.39, 0.29) is 0 Å². The number of hydrogen-bond acceptors (Lipinski definition) is 3. The van der Waals surface area contributed by atoms with Gasteiger partial charge in [0.05, 0.1) is 6.61 Å². The highest BCUT2D eigenvalue weighted by Crippen LogP contribution is 2.34. The quantitative estimate of drug-likeness (QED) is 0.920. The second-order valence-electron chi connectivity index (χ2n) is 6.63. The summed E-state index contributed by atoms with van der Waals surface area (Å²) in [7, 11) is 0. The molecule has 0 amide bonds. The molecule has 1 aromatic rings. The van der Waals surface area contributed by atoms with Gasteiger partial charge in [-0.25, -0.2) is 0 Å². The number of piperazine rings is 1. The largest absolute Gasteiger partial charge is 0.494 e. The van der Waals surface area contributed by atoms with Gasteiger partial charge >= 0.3 is 0 Å². The fourth-order valence-corrected chi connectivity index (χ4v) is 3.82. The normalized spacial score (nSPS) is 25.0. The Bertz CT molecular complexity index is 451. The summed E-state index contributed by atoms with van der Waals surface area (Å²) in [6.07, 6.45) is 6.81. The molecular weight excluding hydrogens is 260 g/mol. The van der Waals surface area contributed by atoms with Gasteiger partial charge in [-0.05, 0) is 51.0 Å². The lowest BCUT2D eigenvalue weighted by Crippen LogP contribution is -2.64. The first kappa shape index (κ1) is 14.7. The molecule has 1 aliphatic carbocycles. The summed E-state index contributed by atoms with van der Waals surface area (Å²) < 4.78 is 5.55. The molecule has 1 atom stereocenters. The van der Waals surface area contributed by atoms with Gasteiger partial charge in [0.2, 0.25) is 0 Å². The zero-order valence-electron chi connectivity index (χ0n) is 13.4. The molecular formula is C18H28N2O. The predicted octanol–water partition coefficient (Wildman–Crippen LogP) is 3.59. The van der Waals surface area contributed by atoms with Crippen molar-refractivity contribution in [1.82, 2.24) is 5.32 Å². The van der Waals surface area contributed by atoms with E-state index >= 15 is 0 Å². The van der Waals surface area contributed by atoms with Crippen molar-refractivity contribution in [2.24, 2.45) is 0 Å². The third-order valence-electron chi connectivity index (χ3n) is 5.07. The van der Waals surface area contributed by atoms with Gasteiger partial charge in [-0.2, -0.15) is 0 Å². The Morgan fingerprint density at radius 1 is 1.19 bits per heavy atom. The SMILES string of the molecule is CCOc1ccc(N2CC3(CCCCC3)NCC2C)cc1. The Hall–Kier alpha value is -1.22. The van der Waals surface area contributed by atoms with Crippen LogP contribution in [0, 0.1) is 0 Å². The fourth-order valence-electron chi connectivity index (χ4n) is 3.82. The molecule has 1 aromatic carbocycles. The smallest absolute Gasteiger partial charge is 0.119 e. The molecule has 3 nitrogen and oxygen atoms in total. The number of benzene rings is 1. The van der Waals surface area contributed by atoms with Crippen LogP contribution in [-0.4, -0.2) is 31.3 Å². The average molecular weight is 288 g/mol. The van der Waals surface area contributed by atoms with Crippen LogP contribution >= 0.6 is 0 Å². The van der Waals surface area contributed by atoms with E-state index in [0.29, 0.717) is 11.6 Å². The second-order valence-corrected chi connectivity index (χ2v) is 6.63. The molecule has 1 N–H and O–H groups in total. The molecule has 1 spiro atoms. The summed E-state index contributed by atoms with van der Waals surface area (Å²) in [6.45, 7) is 7.31. The van der Waals surface area contributed by atoms with Gasteiger partial charge in [0.25, 0.3) is 0 Å². The van der Waals surface area contributed by atoms with Gasteiger partial charge in [0.15, 0.2) is 0 Å². The lowest BCUT2D eigenvalue weighted by Gasteiger charge is -2.50. The topological polar surface area (TPSA) is 24.5 Å². The molecule has 1 unspecified atom stereocenters. The summed E-state index contributed by atoms with van der Waals surface area (Å²) in [5.74, 6) is 0.969. The monoisotopic (exact) mass is 288 g/mol. The first-order valence-corrected chi connectivity index (χ1v) is 8.47. The molecule has 3 rings (SSSR count). The third-order valence-corrected chi connectivity index (χ3v) is 5.07. The molecule has 0 bridgehead atoms. The fraction of sp³-hybridized carbons (Fsp3) is 0.667. The Morgan fingerprint density at radius 3 is 2.57 bits per heavy atom. The van der Waals surface area contributed by atoms with Crippen molar-refractivity contribution in [3.63, 3.8) is 0 Å². The highest BCUT2D eigenvalue weighted by Gasteiger charge is 2.38. The minimum Gasteiger partial charge on any atom is -0.494 e. The molecule has 1 saturated carbocycles. The van der Waals surface area contributed by atoms with Gasteiger partial charge in [-0.3, -0.25) is 0 Å². The van der Waals surface area contributed by atoms with Crippen LogP contribution in [0.3, 0.4) is 0 Å². The summed E-state index contributed by atoms with van der Waals surface area (Å²) in [5.41, 5.74) is 1.68. The minimum absolute atomic E-state index is 0.351. The number of hydrogen-bond donors (Lipinski definition) is 1. The molecule has 0 radical (unpaired) electrons. The number of rotatable bonds is 3. The van der Waals surface area contributed by atoms with Gasteiger partial charge in [-0.15, -0.1) is 0 Å². The Morgan fingerprint density at radius 2 is 1.90 bits per heavy atom. The van der Waals surface area contributed by atoms with E-state index in [2.05, 4.69) is 41.4 Å². The van der Waals surface area contributed by atoms with Gasteiger partial charge < -0.3 is 15.0 Å². The highest BCUT2D eigenvalue weighted by atomic mass is 16.5. The van der Waals surface area contributed by atoms with Crippen LogP contribution in [0.25, 0.3) is 0 Å². The highest BCUT2D eigenvalue weighted by molar-refractivity contribution is 5.51. The second kappa shape index (κ2) is 6.27. The maximum atomic E-state index is 5.55. The van der Waals surface area contributed by atoms with Gasteiger partial charge in [0, 0.05) is 30.4 Å². The molecule has 116 valence electrons. The molecule has 21 heavy (non-hydrogen) atoms. The Balaban J connectivity index is 1.75. The number of nitrogens with one attached hydrogen (secondary N) is 1. The summed E-state index contributed by atoms with van der Waals surface area (Å²) in [5, 5.41) is 3.85. The van der Waals surface area contributed by atoms with Crippen LogP contribution < -0.4 is 15.0 Å². The maximum absolute atomic E-state index is 5.55. The molecule has 1 saturated heterocycles. The van der Waals surface area contributed by atoms with Crippen molar-refractivity contribution in [1.29, 1.82) is 0 Å². The molecule has 1 aliphatic heterocycles. The summed E-state index contributed by atoms with van der Waals surface area (Å²) in [4.78, 5) is 2.58. The van der Waals surface area contributed by atoms with E-state index < -0.39 is 0 Å². The average Bonchev–Trinajstić information content (AvgIpc) is 2.52. The third kappa shape index (κ3) is 3.18. The maximum Gasteiger partial charge on any atom is 0.119 e. The van der Waals surface area contributed by atoms with Crippen molar-refractivity contribution in [2.75, 3.05) is 24.6 Å². The van der Waals surface area contributed by atoms with E-state index in [0.717, 1.165) is 25.4 Å². The first-order chi connectivity index (χ1) is 10.2. The summed E-state index contributed by atoms with van der Waals surface area (Å²) in [6, 6.07) is 9.17. The van der Waals surface area contributed by atoms with Crippen LogP contribution in [0.15, 0.2) is 24.3 Å². The van der Waals surface area contributed by atoms with Crippen molar-refractivity contribution in [2.45, 2.75) is 57.5 Å². The first-order valence-electron chi connectivity index (χ1n) is 8.47. The van der Waals surface area contributed by atoms with Crippen LogP contribution in [0.5, 0.6) is 5.75 Å². The van der Waals surface area contributed by atoms with Crippen LogP contribution in [-0.2, 0) is 0 Å². The molecule has 3 heteroatoms. The predicted molar refractivity (Wildman–Crippen MR) is 88.2 cm³/mol. The van der Waals surface area contributed by atoms with Crippen LogP contribution in [0.1, 0.15) is 46.0 Å². The van der Waals surface area contributed by atoms with Crippen molar-refractivity contribution in [3.8, 4) is 5.75 Å². The van der Waals surface area contributed by atoms with Crippen LogP contribution in [0.2, 0.25) is 0 Å². The molecule has 0 aromatic heterocycles. The van der Waals surface area contributed by atoms with Crippen molar-refractivity contribution < 1.29 is 4.74 Å². The van der Waals surface area contributed by atoms with Crippen molar-refractivity contribution in [3.05, 3.63) is 24.3 Å². The Kier molecular flexibility index (Phi) is 4.39. The van der Waals surface area contributed by atoms with Crippen LogP contribution in [0.4, 0.5) is 5.69 Å². The zero-order chi connectivity index (χ0) is 14.7. The molecule has 2 fully saturated rings. The minimum atomic E-state index is 0.351. The van der Waals surface area contributed by atoms with E-state index in [1.807, 2.05) is 6.92 Å². The number of anilines is 1.